The molecule has 0 radical (unpaired) electrons. The van der Waals surface area contributed by atoms with Crippen molar-refractivity contribution in [3.63, 3.8) is 0 Å². The van der Waals surface area contributed by atoms with E-state index in [-0.39, 0.29) is 5.92 Å². The normalized spacial score (nSPS) is 13.6. The van der Waals surface area contributed by atoms with Gasteiger partial charge in [-0.15, -0.1) is 0 Å². The fourth-order valence-electron chi connectivity index (χ4n) is 11.8. The van der Waals surface area contributed by atoms with Crippen LogP contribution in [-0.2, 0) is 0 Å². The molecule has 0 N–H and O–H groups in total. The fourth-order valence-corrected chi connectivity index (χ4v) is 11.8. The molecule has 3 nitrogen and oxygen atoms in total. The van der Waals surface area contributed by atoms with Gasteiger partial charge in [0.15, 0.2) is 0 Å². The van der Waals surface area contributed by atoms with Crippen LogP contribution in [0, 0.1) is 0 Å². The molecule has 1 aliphatic carbocycles. The molecule has 1 aliphatic rings. The van der Waals surface area contributed by atoms with Crippen LogP contribution in [0.25, 0.3) is 133 Å². The predicted octanol–water partition coefficient (Wildman–Crippen LogP) is 20.6. The summed E-state index contributed by atoms with van der Waals surface area (Å²) in [5.41, 5.74) is 23.3. The van der Waals surface area contributed by atoms with Crippen LogP contribution in [0.15, 0.2) is 288 Å². The average molecular weight is 984 g/mol. The Labute approximate surface area is 446 Å². The van der Waals surface area contributed by atoms with Gasteiger partial charge in [0.25, 0.3) is 0 Å². The monoisotopic (exact) mass is 983 g/mol. The molecule has 3 heteroatoms. The zero-order valence-electron chi connectivity index (χ0n) is 42.1. The van der Waals surface area contributed by atoms with E-state index in [1.807, 2.05) is 12.1 Å². The summed E-state index contributed by atoms with van der Waals surface area (Å²) in [5, 5.41) is 5.65. The van der Waals surface area contributed by atoms with Crippen LogP contribution in [0.3, 0.4) is 0 Å². The van der Waals surface area contributed by atoms with Crippen LogP contribution in [0.2, 0.25) is 0 Å². The number of aromatic nitrogens is 1. The molecule has 0 aliphatic heterocycles. The molecular weight excluding hydrogens is 935 g/mol. The van der Waals surface area contributed by atoms with Crippen molar-refractivity contribution >= 4 is 60.4 Å². The Morgan fingerprint density at radius 1 is 0.338 bits per heavy atom. The van der Waals surface area contributed by atoms with Crippen molar-refractivity contribution in [1.29, 1.82) is 0 Å². The van der Waals surface area contributed by atoms with E-state index in [2.05, 4.69) is 272 Å². The highest BCUT2D eigenvalue weighted by Gasteiger charge is 2.23. The lowest BCUT2D eigenvalue weighted by atomic mass is 9.87. The van der Waals surface area contributed by atoms with E-state index in [0.717, 1.165) is 83.8 Å². The van der Waals surface area contributed by atoms with E-state index in [0.29, 0.717) is 0 Å². The third-order valence-electron chi connectivity index (χ3n) is 15.8. The molecule has 362 valence electrons. The summed E-state index contributed by atoms with van der Waals surface area (Å²) in [5.74, 6) is 0.152. The summed E-state index contributed by atoms with van der Waals surface area (Å²) in [6.07, 6.45) is 10.4. The molecule has 3 heterocycles. The lowest BCUT2D eigenvalue weighted by Gasteiger charge is -2.17. The van der Waals surface area contributed by atoms with Crippen LogP contribution in [0.4, 0.5) is 0 Å². The van der Waals surface area contributed by atoms with Crippen LogP contribution in [-0.4, -0.2) is 4.57 Å². The van der Waals surface area contributed by atoms with Gasteiger partial charge in [0, 0.05) is 55.9 Å². The quantitative estimate of drug-likeness (QED) is 0.144. The van der Waals surface area contributed by atoms with Gasteiger partial charge < -0.3 is 13.4 Å². The number of allylic oxidation sites excluding steroid dienone is 4. The first-order valence-corrected chi connectivity index (χ1v) is 26.6. The van der Waals surface area contributed by atoms with Crippen molar-refractivity contribution in [2.75, 3.05) is 0 Å². The summed E-state index contributed by atoms with van der Waals surface area (Å²) in [7, 11) is 0. The molecule has 0 saturated carbocycles. The highest BCUT2D eigenvalue weighted by molar-refractivity contribution is 6.12. The Morgan fingerprint density at radius 2 is 0.779 bits per heavy atom. The van der Waals surface area contributed by atoms with Gasteiger partial charge in [-0.25, -0.2) is 0 Å². The summed E-state index contributed by atoms with van der Waals surface area (Å²) in [6.45, 7) is 0. The van der Waals surface area contributed by atoms with Crippen molar-refractivity contribution in [1.82, 2.24) is 4.57 Å². The minimum absolute atomic E-state index is 0.152. The van der Waals surface area contributed by atoms with Crippen molar-refractivity contribution in [2.45, 2.75) is 12.3 Å². The Morgan fingerprint density at radius 3 is 1.29 bits per heavy atom. The van der Waals surface area contributed by atoms with E-state index in [1.54, 1.807) is 0 Å². The SMILES string of the molecule is C1=CC(c2cn(-c3cc(-c4cccc5c4oc4ccccc45)cc(-c4cccc5c4oc4ccccc45)c3)c3ccc(-c4ccc(-c5ccc(-c6ccccc6)cc5)cc4)cc23)CC=C1c1ccc(-c2ccccc2)cc1. The predicted molar refractivity (Wildman–Crippen MR) is 321 cm³/mol. The summed E-state index contributed by atoms with van der Waals surface area (Å²) in [4.78, 5) is 0. The zero-order valence-corrected chi connectivity index (χ0v) is 42.1. The first kappa shape index (κ1) is 44.5. The maximum atomic E-state index is 6.73. The lowest BCUT2D eigenvalue weighted by Crippen LogP contribution is -1.99. The van der Waals surface area contributed by atoms with Gasteiger partial charge in [0.05, 0.1) is 5.52 Å². The lowest BCUT2D eigenvalue weighted by molar-refractivity contribution is 0.670. The van der Waals surface area contributed by atoms with Gasteiger partial charge >= 0.3 is 0 Å². The molecule has 0 saturated heterocycles. The molecule has 1 atom stereocenters. The number of nitrogens with zero attached hydrogens (tertiary/aromatic N) is 1. The number of para-hydroxylation sites is 4. The third-order valence-corrected chi connectivity index (χ3v) is 15.8. The minimum atomic E-state index is 0.152. The van der Waals surface area contributed by atoms with E-state index in [9.17, 15) is 0 Å². The zero-order chi connectivity index (χ0) is 50.8. The summed E-state index contributed by atoms with van der Waals surface area (Å²) < 4.78 is 15.9. The molecule has 3 aromatic heterocycles. The molecule has 15 rings (SSSR count). The Hall–Kier alpha value is -9.96. The van der Waals surface area contributed by atoms with Crippen molar-refractivity contribution in [3.8, 4) is 72.4 Å². The third kappa shape index (κ3) is 7.91. The fraction of sp³-hybridized carbons (Fsp3) is 0.0270. The second-order valence-corrected chi connectivity index (χ2v) is 20.3. The number of hydrogen-bond acceptors (Lipinski definition) is 2. The second-order valence-electron chi connectivity index (χ2n) is 20.3. The Kier molecular flexibility index (Phi) is 10.7. The maximum Gasteiger partial charge on any atom is 0.143 e. The highest BCUT2D eigenvalue weighted by Crippen LogP contribution is 2.44. The van der Waals surface area contributed by atoms with Crippen LogP contribution < -0.4 is 0 Å². The average Bonchev–Trinajstić information content (AvgIpc) is 4.36. The van der Waals surface area contributed by atoms with Gasteiger partial charge in [-0.1, -0.05) is 231 Å². The number of furan rings is 2. The number of hydrogen-bond donors (Lipinski definition) is 0. The standard InChI is InChI=1S/C74H49NO2/c1-3-13-48(14-4-1)50-25-29-52(30-26-50)54-33-35-56(36-34-54)58-41-42-70-68(46-58)69(57-39-37-55(38-40-57)53-31-27-51(28-32-53)49-15-5-2-6-16-49)47-75(70)61-44-59(62-19-11-21-66-64-17-7-9-23-71(64)76-73(62)66)43-60(45-61)63-20-12-22-67-65-18-8-10-24-72(65)77-74(63)67/h1-39,41-47,57H,40H2. The largest absolute Gasteiger partial charge is 0.455 e. The van der Waals surface area contributed by atoms with Gasteiger partial charge in [-0.2, -0.15) is 0 Å². The molecule has 77 heavy (non-hydrogen) atoms. The van der Waals surface area contributed by atoms with Crippen molar-refractivity contribution in [2.24, 2.45) is 0 Å². The molecule has 11 aromatic carbocycles. The smallest absolute Gasteiger partial charge is 0.143 e. The molecule has 0 bridgehead atoms. The number of benzene rings is 11. The number of fused-ring (bicyclic) bond motifs is 7. The van der Waals surface area contributed by atoms with E-state index in [1.165, 1.54) is 66.6 Å². The van der Waals surface area contributed by atoms with Gasteiger partial charge in [0.2, 0.25) is 0 Å². The summed E-state index contributed by atoms with van der Waals surface area (Å²) in [6, 6.07) is 91.8. The first-order chi connectivity index (χ1) is 38.1. The van der Waals surface area contributed by atoms with Crippen LogP contribution in [0.5, 0.6) is 0 Å². The Balaban J connectivity index is 0.868. The van der Waals surface area contributed by atoms with Gasteiger partial charge in [-0.05, 0) is 121 Å². The molecule has 14 aromatic rings. The first-order valence-electron chi connectivity index (χ1n) is 26.6. The molecule has 0 spiro atoms. The number of rotatable bonds is 9. The van der Waals surface area contributed by atoms with Crippen LogP contribution in [0.1, 0.15) is 23.5 Å². The van der Waals surface area contributed by atoms with Gasteiger partial charge in [-0.3, -0.25) is 0 Å². The minimum Gasteiger partial charge on any atom is -0.455 e. The molecule has 1 unspecified atom stereocenters. The van der Waals surface area contributed by atoms with Crippen molar-refractivity contribution in [3.05, 3.63) is 290 Å². The summed E-state index contributed by atoms with van der Waals surface area (Å²) >= 11 is 0. The van der Waals surface area contributed by atoms with E-state index in [4.69, 9.17) is 8.83 Å². The van der Waals surface area contributed by atoms with Gasteiger partial charge in [0.1, 0.15) is 22.3 Å². The van der Waals surface area contributed by atoms with E-state index >= 15 is 0 Å². The highest BCUT2D eigenvalue weighted by atomic mass is 16.3. The molecule has 0 amide bonds. The maximum absolute atomic E-state index is 6.73. The second kappa shape index (κ2) is 18.5. The van der Waals surface area contributed by atoms with Crippen LogP contribution >= 0.6 is 0 Å². The Bertz CT molecular complexity index is 4470. The molecular formula is C74H49NO2. The van der Waals surface area contributed by atoms with E-state index < -0.39 is 0 Å². The van der Waals surface area contributed by atoms with Crippen molar-refractivity contribution < 1.29 is 8.83 Å². The molecule has 0 fully saturated rings. The topological polar surface area (TPSA) is 31.2 Å².